The zero-order valence-corrected chi connectivity index (χ0v) is 12.9. The molecule has 0 N–H and O–H groups in total. The second kappa shape index (κ2) is 5.26. The van der Waals surface area contributed by atoms with Crippen molar-refractivity contribution in [1.82, 2.24) is 14.6 Å². The highest BCUT2D eigenvalue weighted by Gasteiger charge is 2.22. The number of hydrogen-bond acceptors (Lipinski definition) is 4. The molecule has 1 saturated heterocycles. The molecule has 0 aliphatic carbocycles. The van der Waals surface area contributed by atoms with Crippen LogP contribution in [0.3, 0.4) is 0 Å². The van der Waals surface area contributed by atoms with Gasteiger partial charge in [0.1, 0.15) is 11.3 Å². The van der Waals surface area contributed by atoms with E-state index in [2.05, 4.69) is 30.9 Å². The fourth-order valence-electron chi connectivity index (χ4n) is 2.24. The number of nitrogens with zero attached hydrogens (tertiary/aromatic N) is 4. The largest absolute Gasteiger partial charge is 0.378 e. The van der Waals surface area contributed by atoms with Crippen molar-refractivity contribution in [1.29, 1.82) is 0 Å². The number of morpholine rings is 1. The van der Waals surface area contributed by atoms with E-state index >= 15 is 0 Å². The van der Waals surface area contributed by atoms with E-state index < -0.39 is 0 Å². The van der Waals surface area contributed by atoms with Crippen molar-refractivity contribution in [2.75, 3.05) is 31.3 Å². The molecular formula is C12H14BrClN4O. The third-order valence-corrected chi connectivity index (χ3v) is 3.72. The van der Waals surface area contributed by atoms with Crippen molar-refractivity contribution in [3.63, 3.8) is 0 Å². The van der Waals surface area contributed by atoms with Crippen LogP contribution in [0.5, 0.6) is 0 Å². The second-order valence-electron chi connectivity index (χ2n) is 4.46. The van der Waals surface area contributed by atoms with Crippen LogP contribution >= 0.6 is 27.5 Å². The molecule has 1 aliphatic heterocycles. The van der Waals surface area contributed by atoms with E-state index in [0.717, 1.165) is 34.6 Å². The Kier molecular flexibility index (Phi) is 3.64. The first-order chi connectivity index (χ1) is 9.16. The number of halogens is 2. The molecule has 2 aromatic heterocycles. The first-order valence-electron chi connectivity index (χ1n) is 6.18. The van der Waals surface area contributed by atoms with Crippen molar-refractivity contribution in [2.45, 2.75) is 12.3 Å². The van der Waals surface area contributed by atoms with Gasteiger partial charge in [0.2, 0.25) is 0 Å². The number of fused-ring (bicyclic) bond motifs is 1. The zero-order valence-electron chi connectivity index (χ0n) is 10.5. The minimum absolute atomic E-state index is 0.171. The SMILES string of the molecule is CC(Cl)c1nc2cc(Br)cnc2n1N1CCOCC1. The summed E-state index contributed by atoms with van der Waals surface area (Å²) in [4.78, 5) is 9.08. The van der Waals surface area contributed by atoms with Crippen molar-refractivity contribution in [3.05, 3.63) is 22.6 Å². The molecule has 0 saturated carbocycles. The lowest BCUT2D eigenvalue weighted by atomic mass is 10.4. The summed E-state index contributed by atoms with van der Waals surface area (Å²) in [6, 6.07) is 1.96. The predicted molar refractivity (Wildman–Crippen MR) is 78.3 cm³/mol. The lowest BCUT2D eigenvalue weighted by Gasteiger charge is -2.31. The van der Waals surface area contributed by atoms with Gasteiger partial charge in [0, 0.05) is 10.7 Å². The Balaban J connectivity index is 2.15. The standard InChI is InChI=1S/C12H14BrClN4O/c1-8(14)11-16-10-6-9(13)7-15-12(10)18(11)17-2-4-19-5-3-17/h6-8H,2-5H2,1H3. The molecular weight excluding hydrogens is 332 g/mol. The topological polar surface area (TPSA) is 43.2 Å². The van der Waals surface area contributed by atoms with E-state index in [0.29, 0.717) is 13.2 Å². The fourth-order valence-corrected chi connectivity index (χ4v) is 2.70. The van der Waals surface area contributed by atoms with Crippen LogP contribution in [0, 0.1) is 0 Å². The van der Waals surface area contributed by atoms with Crippen molar-refractivity contribution >= 4 is 38.7 Å². The molecule has 3 rings (SSSR count). The summed E-state index contributed by atoms with van der Waals surface area (Å²) in [7, 11) is 0. The molecule has 1 fully saturated rings. The minimum Gasteiger partial charge on any atom is -0.378 e. The zero-order chi connectivity index (χ0) is 13.4. The third-order valence-electron chi connectivity index (χ3n) is 3.09. The first kappa shape index (κ1) is 13.1. The molecule has 19 heavy (non-hydrogen) atoms. The quantitative estimate of drug-likeness (QED) is 0.784. The molecule has 3 heterocycles. The van der Waals surface area contributed by atoms with Crippen LogP contribution in [0.4, 0.5) is 0 Å². The molecule has 102 valence electrons. The maximum atomic E-state index is 6.26. The number of rotatable bonds is 2. The molecule has 0 aromatic carbocycles. The van der Waals surface area contributed by atoms with Crippen LogP contribution in [0.2, 0.25) is 0 Å². The van der Waals surface area contributed by atoms with Crippen LogP contribution in [0.15, 0.2) is 16.7 Å². The van der Waals surface area contributed by atoms with Gasteiger partial charge in [0.15, 0.2) is 5.65 Å². The Labute approximate surface area is 124 Å². The third kappa shape index (κ3) is 2.44. The Hall–Kier alpha value is -0.850. The van der Waals surface area contributed by atoms with E-state index in [1.165, 1.54) is 0 Å². The lowest BCUT2D eigenvalue weighted by Crippen LogP contribution is -2.44. The summed E-state index contributed by atoms with van der Waals surface area (Å²) in [5, 5.41) is 2.02. The van der Waals surface area contributed by atoms with Gasteiger partial charge in [-0.3, -0.25) is 0 Å². The van der Waals surface area contributed by atoms with Crippen LogP contribution in [-0.2, 0) is 4.74 Å². The van der Waals surface area contributed by atoms with Gasteiger partial charge in [-0.2, -0.15) is 0 Å². The monoisotopic (exact) mass is 344 g/mol. The Morgan fingerprint density at radius 3 is 2.84 bits per heavy atom. The lowest BCUT2D eigenvalue weighted by molar-refractivity contribution is 0.111. The fraction of sp³-hybridized carbons (Fsp3) is 0.500. The highest BCUT2D eigenvalue weighted by atomic mass is 79.9. The highest BCUT2D eigenvalue weighted by Crippen LogP contribution is 2.25. The number of imidazole rings is 1. The maximum absolute atomic E-state index is 6.26. The summed E-state index contributed by atoms with van der Waals surface area (Å²) in [5.41, 5.74) is 1.69. The summed E-state index contributed by atoms with van der Waals surface area (Å²) >= 11 is 9.68. The van der Waals surface area contributed by atoms with Gasteiger partial charge in [0.05, 0.1) is 31.7 Å². The molecule has 1 unspecified atom stereocenters. The molecule has 1 aliphatic rings. The van der Waals surface area contributed by atoms with Gasteiger partial charge in [-0.15, -0.1) is 11.6 Å². The van der Waals surface area contributed by atoms with E-state index in [4.69, 9.17) is 16.3 Å². The van der Waals surface area contributed by atoms with E-state index in [9.17, 15) is 0 Å². The Bertz CT molecular complexity index is 595. The van der Waals surface area contributed by atoms with E-state index in [-0.39, 0.29) is 5.38 Å². The minimum atomic E-state index is -0.171. The van der Waals surface area contributed by atoms with Gasteiger partial charge >= 0.3 is 0 Å². The second-order valence-corrected chi connectivity index (χ2v) is 6.03. The average Bonchev–Trinajstić information content (AvgIpc) is 2.78. The van der Waals surface area contributed by atoms with Gasteiger partial charge in [-0.1, -0.05) is 0 Å². The highest BCUT2D eigenvalue weighted by molar-refractivity contribution is 9.10. The summed E-state index contributed by atoms with van der Waals surface area (Å²) in [6.07, 6.45) is 1.78. The van der Waals surface area contributed by atoms with Crippen LogP contribution < -0.4 is 5.01 Å². The van der Waals surface area contributed by atoms with Gasteiger partial charge in [-0.25, -0.2) is 14.6 Å². The molecule has 1 atom stereocenters. The first-order valence-corrected chi connectivity index (χ1v) is 7.40. The normalized spacial score (nSPS) is 17.9. The van der Waals surface area contributed by atoms with Gasteiger partial charge in [-0.05, 0) is 28.9 Å². The van der Waals surface area contributed by atoms with E-state index in [1.54, 1.807) is 6.20 Å². The number of pyridine rings is 1. The molecule has 0 spiro atoms. The van der Waals surface area contributed by atoms with Crippen molar-refractivity contribution < 1.29 is 4.74 Å². The molecule has 2 aromatic rings. The van der Waals surface area contributed by atoms with Crippen LogP contribution in [0.1, 0.15) is 18.1 Å². The molecule has 7 heteroatoms. The molecule has 0 bridgehead atoms. The molecule has 0 radical (unpaired) electrons. The summed E-state index contributed by atoms with van der Waals surface area (Å²) < 4.78 is 8.34. The number of alkyl halides is 1. The average molecular weight is 346 g/mol. The van der Waals surface area contributed by atoms with Crippen molar-refractivity contribution in [3.8, 4) is 0 Å². The Morgan fingerprint density at radius 1 is 1.42 bits per heavy atom. The van der Waals surface area contributed by atoms with Crippen molar-refractivity contribution in [2.24, 2.45) is 0 Å². The summed E-state index contributed by atoms with van der Waals surface area (Å²) in [6.45, 7) is 4.99. The summed E-state index contributed by atoms with van der Waals surface area (Å²) in [5.74, 6) is 0.823. The molecule has 5 nitrogen and oxygen atoms in total. The van der Waals surface area contributed by atoms with Gasteiger partial charge in [0.25, 0.3) is 0 Å². The smallest absolute Gasteiger partial charge is 0.179 e. The van der Waals surface area contributed by atoms with E-state index in [1.807, 2.05) is 17.7 Å². The number of ether oxygens (including phenoxy) is 1. The number of aromatic nitrogens is 3. The maximum Gasteiger partial charge on any atom is 0.179 e. The van der Waals surface area contributed by atoms with Crippen LogP contribution in [-0.4, -0.2) is 40.9 Å². The predicted octanol–water partition coefficient (Wildman–Crippen LogP) is 2.46. The Morgan fingerprint density at radius 2 is 2.16 bits per heavy atom. The number of hydrogen-bond donors (Lipinski definition) is 0. The van der Waals surface area contributed by atoms with Crippen LogP contribution in [0.25, 0.3) is 11.2 Å². The van der Waals surface area contributed by atoms with Gasteiger partial charge < -0.3 is 9.75 Å². The molecule has 0 amide bonds.